The van der Waals surface area contributed by atoms with Crippen molar-refractivity contribution in [1.82, 2.24) is 14.4 Å². The highest BCUT2D eigenvalue weighted by Crippen LogP contribution is 2.35. The number of rotatable bonds is 5. The van der Waals surface area contributed by atoms with Gasteiger partial charge in [-0.25, -0.2) is 17.2 Å². The van der Waals surface area contributed by atoms with E-state index in [0.717, 1.165) is 12.1 Å². The van der Waals surface area contributed by atoms with Crippen molar-refractivity contribution < 1.29 is 26.5 Å². The first-order valence-corrected chi connectivity index (χ1v) is 12.1. The molecule has 12 heteroatoms. The summed E-state index contributed by atoms with van der Waals surface area (Å²) in [6, 6.07) is 4.58. The number of carbonyl (C=O) groups is 1. The Balaban J connectivity index is 1.51. The number of thiophene rings is 1. The monoisotopic (exact) mass is 482 g/mol. The van der Waals surface area contributed by atoms with E-state index in [1.54, 1.807) is 13.8 Å². The zero-order chi connectivity index (χ0) is 23.0. The number of piperidine rings is 1. The molecule has 0 aliphatic carbocycles. The normalized spacial score (nSPS) is 17.4. The molecule has 170 valence electrons. The molecule has 1 saturated heterocycles. The molecular formula is C20H20F2N4O4S2. The Morgan fingerprint density at radius 1 is 1.25 bits per heavy atom. The molecule has 0 spiro atoms. The molecule has 0 saturated carbocycles. The number of sulfonamides is 1. The minimum atomic E-state index is -3.86. The largest absolute Gasteiger partial charge is 0.339 e. The maximum absolute atomic E-state index is 13.4. The van der Waals surface area contributed by atoms with E-state index in [-0.39, 0.29) is 23.7 Å². The molecule has 1 fully saturated rings. The van der Waals surface area contributed by atoms with Crippen LogP contribution in [0.3, 0.4) is 0 Å². The van der Waals surface area contributed by atoms with Crippen LogP contribution in [-0.2, 0) is 14.8 Å². The molecule has 1 N–H and O–H groups in total. The number of amides is 1. The molecule has 1 aliphatic rings. The molecule has 1 aromatic carbocycles. The van der Waals surface area contributed by atoms with Gasteiger partial charge in [0.2, 0.25) is 27.6 Å². The fourth-order valence-electron chi connectivity index (χ4n) is 3.56. The van der Waals surface area contributed by atoms with Crippen LogP contribution in [-0.4, -0.2) is 41.9 Å². The van der Waals surface area contributed by atoms with Crippen molar-refractivity contribution >= 4 is 33.0 Å². The van der Waals surface area contributed by atoms with Gasteiger partial charge >= 0.3 is 0 Å². The molecule has 3 aromatic rings. The summed E-state index contributed by atoms with van der Waals surface area (Å²) < 4.78 is 59.4. The molecule has 3 heterocycles. The quantitative estimate of drug-likeness (QED) is 0.594. The van der Waals surface area contributed by atoms with Crippen LogP contribution in [0.5, 0.6) is 0 Å². The van der Waals surface area contributed by atoms with Crippen LogP contribution in [0.15, 0.2) is 33.7 Å². The number of anilines is 1. The van der Waals surface area contributed by atoms with Gasteiger partial charge in [0, 0.05) is 36.6 Å². The lowest BCUT2D eigenvalue weighted by atomic mass is 9.98. The van der Waals surface area contributed by atoms with Gasteiger partial charge in [-0.2, -0.15) is 9.29 Å². The Kier molecular flexibility index (Phi) is 6.10. The highest BCUT2D eigenvalue weighted by atomic mass is 32.2. The Labute approximate surface area is 187 Å². The molecular weight excluding hydrogens is 462 g/mol. The lowest BCUT2D eigenvalue weighted by molar-refractivity contribution is -0.120. The summed E-state index contributed by atoms with van der Waals surface area (Å²) in [7, 11) is -3.86. The van der Waals surface area contributed by atoms with Gasteiger partial charge in [-0.15, -0.1) is 11.3 Å². The van der Waals surface area contributed by atoms with Crippen LogP contribution in [0.25, 0.3) is 10.7 Å². The average Bonchev–Trinajstić information content (AvgIpc) is 3.36. The van der Waals surface area contributed by atoms with Crippen LogP contribution < -0.4 is 5.32 Å². The first kappa shape index (κ1) is 22.5. The highest BCUT2D eigenvalue weighted by Gasteiger charge is 2.35. The Morgan fingerprint density at radius 2 is 2.03 bits per heavy atom. The standard InChI is InChI=1S/C20H20F2N4O4S2/c1-11-18(9-17(31-11)19-23-12(2)30-25-19)32(28,29)26-7-3-4-13(10-26)20(27)24-14-5-6-15(21)16(22)8-14/h5-6,8-9,13H,3-4,7,10H2,1-2H3,(H,24,27). The third kappa shape index (κ3) is 4.43. The minimum Gasteiger partial charge on any atom is -0.339 e. The van der Waals surface area contributed by atoms with Crippen molar-refractivity contribution in [3.05, 3.63) is 46.7 Å². The Bertz CT molecular complexity index is 1270. The number of nitrogens with one attached hydrogen (secondary N) is 1. The van der Waals surface area contributed by atoms with Crippen LogP contribution in [0.4, 0.5) is 14.5 Å². The number of hydrogen-bond donors (Lipinski definition) is 1. The number of nitrogens with zero attached hydrogens (tertiary/aromatic N) is 3. The summed E-state index contributed by atoms with van der Waals surface area (Å²) in [6.45, 7) is 3.62. The maximum atomic E-state index is 13.4. The third-order valence-electron chi connectivity index (χ3n) is 5.18. The number of aryl methyl sites for hydroxylation is 2. The summed E-state index contributed by atoms with van der Waals surface area (Å²) in [5.41, 5.74) is 0.114. The van der Waals surface area contributed by atoms with Gasteiger partial charge in [0.25, 0.3) is 0 Å². The van der Waals surface area contributed by atoms with Crippen molar-refractivity contribution in [3.63, 3.8) is 0 Å². The summed E-state index contributed by atoms with van der Waals surface area (Å²) in [5.74, 6) is -2.46. The van der Waals surface area contributed by atoms with E-state index in [9.17, 15) is 22.0 Å². The lowest BCUT2D eigenvalue weighted by Crippen LogP contribution is -2.43. The van der Waals surface area contributed by atoms with Gasteiger partial charge in [0.05, 0.1) is 15.7 Å². The van der Waals surface area contributed by atoms with E-state index in [1.807, 2.05) is 0 Å². The fourth-order valence-corrected chi connectivity index (χ4v) is 6.57. The highest BCUT2D eigenvalue weighted by molar-refractivity contribution is 7.89. The second-order valence-corrected chi connectivity index (χ2v) is 10.7. The summed E-state index contributed by atoms with van der Waals surface area (Å²) in [5, 5.41) is 6.37. The third-order valence-corrected chi connectivity index (χ3v) is 8.35. The summed E-state index contributed by atoms with van der Waals surface area (Å²) in [4.78, 5) is 18.1. The zero-order valence-electron chi connectivity index (χ0n) is 17.3. The van der Waals surface area contributed by atoms with E-state index in [0.29, 0.717) is 34.3 Å². The molecule has 0 radical (unpaired) electrons. The second kappa shape index (κ2) is 8.68. The van der Waals surface area contributed by atoms with Crippen molar-refractivity contribution in [2.24, 2.45) is 5.92 Å². The molecule has 1 atom stereocenters. The predicted molar refractivity (Wildman–Crippen MR) is 114 cm³/mol. The average molecular weight is 483 g/mol. The second-order valence-electron chi connectivity index (χ2n) is 7.49. The van der Waals surface area contributed by atoms with E-state index in [4.69, 9.17) is 4.52 Å². The first-order chi connectivity index (χ1) is 15.1. The Morgan fingerprint density at radius 3 is 2.72 bits per heavy atom. The summed E-state index contributed by atoms with van der Waals surface area (Å²) in [6.07, 6.45) is 0.979. The van der Waals surface area contributed by atoms with Gasteiger partial charge in [-0.3, -0.25) is 4.79 Å². The van der Waals surface area contributed by atoms with Gasteiger partial charge in [0.15, 0.2) is 11.6 Å². The fraction of sp³-hybridized carbons (Fsp3) is 0.350. The molecule has 1 aliphatic heterocycles. The van der Waals surface area contributed by atoms with Crippen LogP contribution in [0.2, 0.25) is 0 Å². The number of benzene rings is 1. The molecule has 1 amide bonds. The topological polar surface area (TPSA) is 105 Å². The van der Waals surface area contributed by atoms with Crippen LogP contribution in [0.1, 0.15) is 23.6 Å². The number of halogens is 2. The first-order valence-electron chi connectivity index (χ1n) is 9.82. The number of hydrogen-bond acceptors (Lipinski definition) is 7. The smallest absolute Gasteiger partial charge is 0.244 e. The van der Waals surface area contributed by atoms with E-state index >= 15 is 0 Å². The molecule has 32 heavy (non-hydrogen) atoms. The van der Waals surface area contributed by atoms with Crippen LogP contribution in [0, 0.1) is 31.4 Å². The van der Waals surface area contributed by atoms with Gasteiger partial charge in [0.1, 0.15) is 0 Å². The predicted octanol–water partition coefficient (Wildman–Crippen LogP) is 3.73. The van der Waals surface area contributed by atoms with Crippen molar-refractivity contribution in [3.8, 4) is 10.7 Å². The Hall–Kier alpha value is -2.70. The number of aromatic nitrogens is 2. The minimum absolute atomic E-state index is 0.0101. The molecule has 4 rings (SSSR count). The maximum Gasteiger partial charge on any atom is 0.244 e. The van der Waals surface area contributed by atoms with Gasteiger partial charge in [-0.1, -0.05) is 5.16 Å². The van der Waals surface area contributed by atoms with E-state index in [1.165, 1.54) is 27.8 Å². The van der Waals surface area contributed by atoms with Gasteiger partial charge < -0.3 is 9.84 Å². The van der Waals surface area contributed by atoms with Crippen molar-refractivity contribution in [1.29, 1.82) is 0 Å². The van der Waals surface area contributed by atoms with Crippen molar-refractivity contribution in [2.75, 3.05) is 18.4 Å². The SMILES string of the molecule is Cc1nc(-c2cc(S(=O)(=O)N3CCCC(C(=O)Nc4ccc(F)c(F)c4)C3)c(C)s2)no1. The van der Waals surface area contributed by atoms with Crippen LogP contribution >= 0.6 is 11.3 Å². The number of carbonyl (C=O) groups excluding carboxylic acids is 1. The molecule has 0 bridgehead atoms. The lowest BCUT2D eigenvalue weighted by Gasteiger charge is -2.31. The van der Waals surface area contributed by atoms with E-state index < -0.39 is 33.5 Å². The zero-order valence-corrected chi connectivity index (χ0v) is 18.9. The van der Waals surface area contributed by atoms with Crippen molar-refractivity contribution in [2.45, 2.75) is 31.6 Å². The van der Waals surface area contributed by atoms with E-state index in [2.05, 4.69) is 15.5 Å². The summed E-state index contributed by atoms with van der Waals surface area (Å²) >= 11 is 1.25. The molecule has 8 nitrogen and oxygen atoms in total. The molecule has 2 aromatic heterocycles. The molecule has 1 unspecified atom stereocenters. The van der Waals surface area contributed by atoms with Gasteiger partial charge in [-0.05, 0) is 38.0 Å².